The number of fused-ring (bicyclic) bond motifs is 1. The Labute approximate surface area is 264 Å². The predicted octanol–water partition coefficient (Wildman–Crippen LogP) is 8.32. The standard InChI is InChI=1S/C34H27Cl2N3O5/c1-41-30-19-32(43-3)31(42-2)16-23(30)17-33(34(40)22-6-8-24(35)9-7-22)44-26-11-4-21(5-12-26)20-38-39-28-14-15-37-29-18-25(36)10-13-27(28)29/h4-20H,1-3H3,(H,37,39)/b33-17-,38-20+. The van der Waals surface area contributed by atoms with E-state index in [0.717, 1.165) is 22.2 Å². The molecule has 0 fully saturated rings. The number of Topliss-reactive ketones (excluding diaryl/α,β-unsaturated/α-hetero) is 1. The molecule has 0 atom stereocenters. The average molecular weight is 629 g/mol. The van der Waals surface area contributed by atoms with E-state index in [1.54, 1.807) is 79.2 Å². The first-order valence-electron chi connectivity index (χ1n) is 13.3. The SMILES string of the molecule is COc1cc(OC)c(OC)cc1/C=C(\Oc1ccc(/C=N/Nc2ccnc3cc(Cl)ccc23)cc1)C(=O)c1ccc(Cl)cc1. The van der Waals surface area contributed by atoms with Crippen molar-refractivity contribution in [3.05, 3.63) is 124 Å². The highest BCUT2D eigenvalue weighted by molar-refractivity contribution is 6.31. The minimum Gasteiger partial charge on any atom is -0.496 e. The van der Waals surface area contributed by atoms with Crippen molar-refractivity contribution < 1.29 is 23.7 Å². The maximum Gasteiger partial charge on any atom is 0.228 e. The molecule has 1 N–H and O–H groups in total. The van der Waals surface area contributed by atoms with E-state index in [2.05, 4.69) is 15.5 Å². The van der Waals surface area contributed by atoms with Gasteiger partial charge in [-0.05, 0) is 90.5 Å². The number of methoxy groups -OCH3 is 3. The Morgan fingerprint density at radius 1 is 0.795 bits per heavy atom. The van der Waals surface area contributed by atoms with E-state index >= 15 is 0 Å². The second-order valence-corrected chi connectivity index (χ2v) is 10.2. The fourth-order valence-corrected chi connectivity index (χ4v) is 4.63. The fourth-order valence-electron chi connectivity index (χ4n) is 4.34. The number of pyridine rings is 1. The van der Waals surface area contributed by atoms with E-state index in [1.165, 1.54) is 21.3 Å². The summed E-state index contributed by atoms with van der Waals surface area (Å²) in [6, 6.07) is 24.5. The van der Waals surface area contributed by atoms with Gasteiger partial charge in [0.05, 0.1) is 38.7 Å². The highest BCUT2D eigenvalue weighted by Crippen LogP contribution is 2.36. The molecule has 0 amide bonds. The van der Waals surface area contributed by atoms with Crippen LogP contribution in [0, 0.1) is 0 Å². The number of nitrogens with zero attached hydrogens (tertiary/aromatic N) is 2. The number of allylic oxidation sites excluding steroid dienone is 1. The van der Waals surface area contributed by atoms with Gasteiger partial charge in [-0.1, -0.05) is 23.2 Å². The Morgan fingerprint density at radius 3 is 2.18 bits per heavy atom. The summed E-state index contributed by atoms with van der Waals surface area (Å²) in [6.45, 7) is 0. The zero-order valence-corrected chi connectivity index (χ0v) is 25.5. The highest BCUT2D eigenvalue weighted by atomic mass is 35.5. The summed E-state index contributed by atoms with van der Waals surface area (Å²) < 4.78 is 22.6. The van der Waals surface area contributed by atoms with Crippen molar-refractivity contribution in [1.29, 1.82) is 0 Å². The van der Waals surface area contributed by atoms with E-state index < -0.39 is 0 Å². The molecule has 5 rings (SSSR count). The van der Waals surface area contributed by atoms with Crippen molar-refractivity contribution in [3.63, 3.8) is 0 Å². The molecule has 0 radical (unpaired) electrons. The lowest BCUT2D eigenvalue weighted by molar-refractivity contribution is 0.0988. The largest absolute Gasteiger partial charge is 0.496 e. The molecule has 0 aliphatic heterocycles. The Hall–Kier alpha value is -5.05. The number of carbonyl (C=O) groups is 1. The number of hydrogen-bond donors (Lipinski definition) is 1. The minimum atomic E-state index is -0.348. The van der Waals surface area contributed by atoms with Crippen LogP contribution in [-0.2, 0) is 0 Å². The molecular formula is C34H27Cl2N3O5. The lowest BCUT2D eigenvalue weighted by atomic mass is 10.1. The second kappa shape index (κ2) is 13.9. The topological polar surface area (TPSA) is 91.3 Å². The lowest BCUT2D eigenvalue weighted by Crippen LogP contribution is -2.10. The Bertz CT molecular complexity index is 1860. The average Bonchev–Trinajstić information content (AvgIpc) is 3.04. The van der Waals surface area contributed by atoms with Crippen molar-refractivity contribution in [2.45, 2.75) is 0 Å². The molecule has 0 spiro atoms. The first-order chi connectivity index (χ1) is 21.4. The molecule has 222 valence electrons. The van der Waals surface area contributed by atoms with Gasteiger partial charge in [-0.25, -0.2) is 0 Å². The van der Waals surface area contributed by atoms with Gasteiger partial charge in [-0.3, -0.25) is 15.2 Å². The first-order valence-corrected chi connectivity index (χ1v) is 14.1. The molecule has 0 aliphatic rings. The number of nitrogens with one attached hydrogen (secondary N) is 1. The Morgan fingerprint density at radius 2 is 1.48 bits per heavy atom. The Balaban J connectivity index is 1.40. The molecule has 5 aromatic rings. The summed E-state index contributed by atoms with van der Waals surface area (Å²) in [5, 5.41) is 6.39. The molecule has 0 bridgehead atoms. The number of hydrazone groups is 1. The van der Waals surface area contributed by atoms with Crippen LogP contribution >= 0.6 is 23.2 Å². The van der Waals surface area contributed by atoms with Gasteiger partial charge in [-0.15, -0.1) is 0 Å². The molecule has 1 aromatic heterocycles. The van der Waals surface area contributed by atoms with Gasteiger partial charge in [0.25, 0.3) is 0 Å². The van der Waals surface area contributed by atoms with E-state index in [1.807, 2.05) is 24.3 Å². The molecular weight excluding hydrogens is 601 g/mol. The maximum atomic E-state index is 13.6. The van der Waals surface area contributed by atoms with E-state index in [-0.39, 0.29) is 11.5 Å². The van der Waals surface area contributed by atoms with E-state index in [0.29, 0.717) is 44.2 Å². The quantitative estimate of drug-likeness (QED) is 0.0517. The number of carbonyl (C=O) groups excluding carboxylic acids is 1. The summed E-state index contributed by atoms with van der Waals surface area (Å²) in [5.41, 5.74) is 6.39. The first kappa shape index (κ1) is 30.4. The molecule has 44 heavy (non-hydrogen) atoms. The number of ether oxygens (including phenoxy) is 4. The molecule has 0 unspecified atom stereocenters. The normalized spacial score (nSPS) is 11.4. The van der Waals surface area contributed by atoms with Gasteiger partial charge in [0.1, 0.15) is 11.5 Å². The Kier molecular flexibility index (Phi) is 9.64. The molecule has 0 saturated carbocycles. The lowest BCUT2D eigenvalue weighted by Gasteiger charge is -2.14. The summed E-state index contributed by atoms with van der Waals surface area (Å²) in [5.74, 6) is 1.58. The summed E-state index contributed by atoms with van der Waals surface area (Å²) in [6.07, 6.45) is 4.97. The van der Waals surface area contributed by atoms with E-state index in [9.17, 15) is 4.79 Å². The van der Waals surface area contributed by atoms with Crippen molar-refractivity contribution in [3.8, 4) is 23.0 Å². The van der Waals surface area contributed by atoms with Crippen LogP contribution in [0.1, 0.15) is 21.5 Å². The molecule has 1 heterocycles. The van der Waals surface area contributed by atoms with Crippen LogP contribution in [0.3, 0.4) is 0 Å². The number of ketones is 1. The number of rotatable bonds is 11. The van der Waals surface area contributed by atoms with Gasteiger partial charge in [0.15, 0.2) is 17.3 Å². The number of halogens is 2. The van der Waals surface area contributed by atoms with Gasteiger partial charge in [0.2, 0.25) is 5.78 Å². The molecule has 4 aromatic carbocycles. The van der Waals surface area contributed by atoms with Gasteiger partial charge >= 0.3 is 0 Å². The predicted molar refractivity (Wildman–Crippen MR) is 175 cm³/mol. The number of anilines is 1. The van der Waals surface area contributed by atoms with Crippen LogP contribution in [0.2, 0.25) is 10.0 Å². The summed E-state index contributed by atoms with van der Waals surface area (Å²) in [4.78, 5) is 18.0. The van der Waals surface area contributed by atoms with Gasteiger partial charge in [0, 0.05) is 38.8 Å². The zero-order chi connectivity index (χ0) is 31.1. The zero-order valence-electron chi connectivity index (χ0n) is 24.0. The van der Waals surface area contributed by atoms with Crippen molar-refractivity contribution in [2.24, 2.45) is 5.10 Å². The highest BCUT2D eigenvalue weighted by Gasteiger charge is 2.18. The molecule has 8 nitrogen and oxygen atoms in total. The van der Waals surface area contributed by atoms with Gasteiger partial charge < -0.3 is 18.9 Å². The van der Waals surface area contributed by atoms with Crippen LogP contribution in [0.15, 0.2) is 102 Å². The van der Waals surface area contributed by atoms with Crippen LogP contribution in [-0.4, -0.2) is 38.3 Å². The second-order valence-electron chi connectivity index (χ2n) is 9.35. The third-order valence-electron chi connectivity index (χ3n) is 6.56. The van der Waals surface area contributed by atoms with Crippen molar-refractivity contribution in [1.82, 2.24) is 4.98 Å². The monoisotopic (exact) mass is 627 g/mol. The number of benzene rings is 4. The smallest absolute Gasteiger partial charge is 0.228 e. The van der Waals surface area contributed by atoms with Crippen LogP contribution in [0.5, 0.6) is 23.0 Å². The third-order valence-corrected chi connectivity index (χ3v) is 7.05. The molecule has 0 aliphatic carbocycles. The number of aromatic nitrogens is 1. The minimum absolute atomic E-state index is 0.0607. The number of hydrogen-bond acceptors (Lipinski definition) is 8. The van der Waals surface area contributed by atoms with E-state index in [4.69, 9.17) is 42.1 Å². The van der Waals surface area contributed by atoms with Crippen molar-refractivity contribution >= 4 is 57.9 Å². The fraction of sp³-hybridized carbons (Fsp3) is 0.0882. The van der Waals surface area contributed by atoms with Gasteiger partial charge in [-0.2, -0.15) is 5.10 Å². The molecule has 10 heteroatoms. The summed E-state index contributed by atoms with van der Waals surface area (Å²) >= 11 is 12.1. The third kappa shape index (κ3) is 7.11. The van der Waals surface area contributed by atoms with Crippen LogP contribution in [0.25, 0.3) is 17.0 Å². The van der Waals surface area contributed by atoms with Crippen LogP contribution < -0.4 is 24.4 Å². The molecule has 0 saturated heterocycles. The maximum absolute atomic E-state index is 13.6. The van der Waals surface area contributed by atoms with Crippen molar-refractivity contribution in [2.75, 3.05) is 26.8 Å². The van der Waals surface area contributed by atoms with Crippen LogP contribution in [0.4, 0.5) is 5.69 Å². The summed E-state index contributed by atoms with van der Waals surface area (Å²) in [7, 11) is 4.60.